The minimum atomic E-state index is 0.295. The zero-order chi connectivity index (χ0) is 18.9. The molecule has 146 valence electrons. The number of pyridine rings is 1. The zero-order valence-electron chi connectivity index (χ0n) is 15.9. The van der Waals surface area contributed by atoms with Gasteiger partial charge in [-0.1, -0.05) is 17.7 Å². The van der Waals surface area contributed by atoms with Gasteiger partial charge in [-0.2, -0.15) is 0 Å². The average molecular weight is 397 g/mol. The van der Waals surface area contributed by atoms with Gasteiger partial charge in [0.25, 0.3) is 0 Å². The number of rotatable bonds is 2. The fourth-order valence-corrected chi connectivity index (χ4v) is 4.81. The van der Waals surface area contributed by atoms with E-state index in [4.69, 9.17) is 21.3 Å². The van der Waals surface area contributed by atoms with E-state index in [1.165, 1.54) is 17.1 Å². The Bertz CT molecular complexity index is 864. The molecule has 6 heteroatoms. The Hall–Kier alpha value is -2.11. The molecule has 0 N–H and O–H groups in total. The molecule has 1 aromatic carbocycles. The number of aromatic nitrogens is 1. The summed E-state index contributed by atoms with van der Waals surface area (Å²) in [5.41, 5.74) is 2.53. The van der Waals surface area contributed by atoms with Crippen molar-refractivity contribution in [2.24, 2.45) is 10.9 Å². The summed E-state index contributed by atoms with van der Waals surface area (Å²) in [5, 5.41) is 0.789. The molecule has 1 atom stereocenters. The molecule has 0 bridgehead atoms. The number of amidine groups is 1. The first-order chi connectivity index (χ1) is 13.8. The van der Waals surface area contributed by atoms with Gasteiger partial charge in [-0.3, -0.25) is 4.99 Å². The second-order valence-corrected chi connectivity index (χ2v) is 8.21. The van der Waals surface area contributed by atoms with Crippen LogP contribution in [0.4, 0.5) is 11.5 Å². The molecular weight excluding hydrogens is 372 g/mol. The molecule has 1 fully saturated rings. The monoisotopic (exact) mass is 396 g/mol. The van der Waals surface area contributed by atoms with Crippen LogP contribution < -0.4 is 9.80 Å². The number of fused-ring (bicyclic) bond motifs is 3. The first-order valence-corrected chi connectivity index (χ1v) is 10.5. The lowest BCUT2D eigenvalue weighted by Crippen LogP contribution is -2.46. The van der Waals surface area contributed by atoms with Gasteiger partial charge in [0.15, 0.2) is 0 Å². The highest BCUT2D eigenvalue weighted by Crippen LogP contribution is 2.35. The van der Waals surface area contributed by atoms with Crippen molar-refractivity contribution in [1.82, 2.24) is 4.98 Å². The van der Waals surface area contributed by atoms with Crippen molar-refractivity contribution in [2.45, 2.75) is 25.3 Å². The molecule has 0 radical (unpaired) electrons. The number of piperidine rings is 1. The van der Waals surface area contributed by atoms with Crippen molar-refractivity contribution >= 4 is 28.9 Å². The summed E-state index contributed by atoms with van der Waals surface area (Å²) in [4.78, 5) is 14.3. The van der Waals surface area contributed by atoms with E-state index in [-0.39, 0.29) is 0 Å². The van der Waals surface area contributed by atoms with Gasteiger partial charge < -0.3 is 14.5 Å². The summed E-state index contributed by atoms with van der Waals surface area (Å²) < 4.78 is 5.92. The summed E-state index contributed by atoms with van der Waals surface area (Å²) in [5.74, 6) is 2.79. The molecule has 2 aromatic rings. The number of nitrogens with zero attached hydrogens (tertiary/aromatic N) is 4. The molecular formula is C22H25ClN4O. The quantitative estimate of drug-likeness (QED) is 0.774. The van der Waals surface area contributed by atoms with E-state index in [2.05, 4.69) is 39.0 Å². The maximum Gasteiger partial charge on any atom is 0.128 e. The van der Waals surface area contributed by atoms with Gasteiger partial charge in [-0.15, -0.1) is 0 Å². The topological polar surface area (TPSA) is 41.0 Å². The molecule has 5 rings (SSSR count). The third-order valence-corrected chi connectivity index (χ3v) is 6.27. The van der Waals surface area contributed by atoms with Gasteiger partial charge in [0, 0.05) is 35.9 Å². The maximum absolute atomic E-state index is 6.27. The molecule has 1 unspecified atom stereocenters. The van der Waals surface area contributed by atoms with E-state index in [1.54, 1.807) is 0 Å². The van der Waals surface area contributed by atoms with E-state index in [0.29, 0.717) is 12.0 Å². The maximum atomic E-state index is 6.27. The normalized spacial score (nSPS) is 22.9. The van der Waals surface area contributed by atoms with Gasteiger partial charge in [0.1, 0.15) is 11.7 Å². The highest BCUT2D eigenvalue weighted by atomic mass is 35.5. The summed E-state index contributed by atoms with van der Waals surface area (Å²) >= 11 is 6.27. The fraction of sp³-hybridized carbons (Fsp3) is 0.455. The lowest BCUT2D eigenvalue weighted by atomic mass is 9.93. The van der Waals surface area contributed by atoms with Crippen LogP contribution in [0.2, 0.25) is 5.02 Å². The van der Waals surface area contributed by atoms with Crippen LogP contribution in [0.15, 0.2) is 47.6 Å². The minimum Gasteiger partial charge on any atom is -0.379 e. The van der Waals surface area contributed by atoms with Gasteiger partial charge in [-0.25, -0.2) is 4.98 Å². The highest BCUT2D eigenvalue weighted by Gasteiger charge is 2.37. The van der Waals surface area contributed by atoms with Crippen molar-refractivity contribution < 1.29 is 4.74 Å². The molecule has 5 nitrogen and oxygen atoms in total. The molecule has 0 spiro atoms. The summed E-state index contributed by atoms with van der Waals surface area (Å²) in [7, 11) is 0. The number of ether oxygens (including phenoxy) is 1. The number of aliphatic imine (C=N–C) groups is 1. The lowest BCUT2D eigenvalue weighted by molar-refractivity contribution is 0.124. The first-order valence-electron chi connectivity index (χ1n) is 10.2. The summed E-state index contributed by atoms with van der Waals surface area (Å²) in [6.07, 6.45) is 4.96. The zero-order valence-corrected chi connectivity index (χ0v) is 16.7. The van der Waals surface area contributed by atoms with E-state index in [1.807, 2.05) is 18.3 Å². The Morgan fingerprint density at radius 2 is 2.00 bits per heavy atom. The third-order valence-electron chi connectivity index (χ3n) is 6.04. The molecule has 0 saturated carbocycles. The molecule has 28 heavy (non-hydrogen) atoms. The van der Waals surface area contributed by atoms with Gasteiger partial charge in [0.2, 0.25) is 0 Å². The molecule has 1 aromatic heterocycles. The Morgan fingerprint density at radius 3 is 2.82 bits per heavy atom. The average Bonchev–Trinajstić information content (AvgIpc) is 3.13. The van der Waals surface area contributed by atoms with Crippen LogP contribution in [0.3, 0.4) is 0 Å². The predicted octanol–water partition coefficient (Wildman–Crippen LogP) is 3.81. The van der Waals surface area contributed by atoms with E-state index in [9.17, 15) is 0 Å². The van der Waals surface area contributed by atoms with E-state index < -0.39 is 0 Å². The van der Waals surface area contributed by atoms with Crippen molar-refractivity contribution in [3.05, 3.63) is 53.2 Å². The van der Waals surface area contributed by atoms with Gasteiger partial charge in [-0.05, 0) is 55.2 Å². The Labute approximate surface area is 171 Å². The Balaban J connectivity index is 1.37. The largest absolute Gasteiger partial charge is 0.379 e. The van der Waals surface area contributed by atoms with Crippen molar-refractivity contribution in [1.29, 1.82) is 0 Å². The van der Waals surface area contributed by atoms with Crippen LogP contribution >= 0.6 is 11.6 Å². The predicted molar refractivity (Wildman–Crippen MR) is 114 cm³/mol. The minimum absolute atomic E-state index is 0.295. The van der Waals surface area contributed by atoms with Crippen molar-refractivity contribution in [3.63, 3.8) is 0 Å². The fourth-order valence-electron chi connectivity index (χ4n) is 4.62. The van der Waals surface area contributed by atoms with Crippen molar-refractivity contribution in [3.8, 4) is 0 Å². The van der Waals surface area contributed by atoms with Gasteiger partial charge in [0.05, 0.1) is 25.8 Å². The molecule has 4 heterocycles. The molecule has 1 saturated heterocycles. The van der Waals surface area contributed by atoms with Crippen LogP contribution in [0.5, 0.6) is 0 Å². The van der Waals surface area contributed by atoms with Crippen LogP contribution in [0.25, 0.3) is 0 Å². The van der Waals surface area contributed by atoms with Crippen LogP contribution in [-0.4, -0.2) is 49.7 Å². The van der Waals surface area contributed by atoms with Crippen LogP contribution in [-0.2, 0) is 11.2 Å². The smallest absolute Gasteiger partial charge is 0.128 e. The Morgan fingerprint density at radius 1 is 1.11 bits per heavy atom. The standard InChI is InChI=1S/C22H25ClN4O/c23-18-4-5-20-17(13-18)8-12-28-15-19-14-25-22(27(19)20)16-6-10-26(11-7-16)21-3-1-2-9-24-21/h1-5,9,13,16,19H,6-8,10-12,14-15H2. The summed E-state index contributed by atoms with van der Waals surface area (Å²) in [6, 6.07) is 12.7. The number of halogens is 1. The molecule has 0 amide bonds. The SMILES string of the molecule is Clc1ccc2c(c1)CCOCC1CN=C(C3CCN(c4ccccn4)CC3)N21. The van der Waals surface area contributed by atoms with E-state index in [0.717, 1.165) is 63.0 Å². The van der Waals surface area contributed by atoms with Crippen LogP contribution in [0.1, 0.15) is 18.4 Å². The first kappa shape index (κ1) is 18.0. The van der Waals surface area contributed by atoms with Gasteiger partial charge >= 0.3 is 0 Å². The highest BCUT2D eigenvalue weighted by molar-refractivity contribution is 6.30. The molecule has 0 aliphatic carbocycles. The lowest BCUT2D eigenvalue weighted by Gasteiger charge is -2.38. The second kappa shape index (κ2) is 7.72. The van der Waals surface area contributed by atoms with E-state index >= 15 is 0 Å². The number of anilines is 2. The number of hydrogen-bond donors (Lipinski definition) is 0. The van der Waals surface area contributed by atoms with Crippen molar-refractivity contribution in [2.75, 3.05) is 42.6 Å². The number of benzene rings is 1. The Kier molecular flexibility index (Phi) is 4.95. The molecule has 3 aliphatic rings. The molecule has 3 aliphatic heterocycles. The second-order valence-electron chi connectivity index (χ2n) is 7.77. The van der Waals surface area contributed by atoms with Crippen LogP contribution in [0, 0.1) is 5.92 Å². The number of hydrogen-bond acceptors (Lipinski definition) is 5. The third kappa shape index (κ3) is 3.38. The summed E-state index contributed by atoms with van der Waals surface area (Å²) in [6.45, 7) is 4.33.